The number of hydrazone groups is 1. The van der Waals surface area contributed by atoms with Crippen LogP contribution in [-0.4, -0.2) is 16.9 Å². The minimum Gasteiger partial charge on any atom is -0.358 e. The fourth-order valence-corrected chi connectivity index (χ4v) is 3.27. The molecule has 108 valence electrons. The highest BCUT2D eigenvalue weighted by Crippen LogP contribution is 2.23. The van der Waals surface area contributed by atoms with Gasteiger partial charge in [0.05, 0.1) is 0 Å². The van der Waals surface area contributed by atoms with Crippen LogP contribution in [0.2, 0.25) is 0 Å². The molecule has 2 rings (SSSR count). The lowest BCUT2D eigenvalue weighted by molar-refractivity contribution is 0.308. The maximum atomic E-state index is 5.35. The van der Waals surface area contributed by atoms with Gasteiger partial charge < -0.3 is 5.32 Å². The first kappa shape index (κ1) is 14.8. The van der Waals surface area contributed by atoms with Gasteiger partial charge in [-0.3, -0.25) is 5.43 Å². The largest absolute Gasteiger partial charge is 0.358 e. The summed E-state index contributed by atoms with van der Waals surface area (Å²) >= 11 is 5.35. The molecule has 0 aromatic heterocycles. The van der Waals surface area contributed by atoms with Crippen LogP contribution in [0.25, 0.3) is 0 Å². The molecule has 0 aromatic rings. The number of nitrogens with zero attached hydrogens (tertiary/aromatic N) is 1. The summed E-state index contributed by atoms with van der Waals surface area (Å²) < 4.78 is 0. The van der Waals surface area contributed by atoms with Gasteiger partial charge in [-0.25, -0.2) is 0 Å². The van der Waals surface area contributed by atoms with Crippen LogP contribution >= 0.6 is 12.2 Å². The Labute approximate surface area is 122 Å². The highest BCUT2D eigenvalue weighted by molar-refractivity contribution is 7.80. The molecule has 0 bridgehead atoms. The van der Waals surface area contributed by atoms with Crippen molar-refractivity contribution in [3.63, 3.8) is 0 Å². The first-order chi connectivity index (χ1) is 9.15. The van der Waals surface area contributed by atoms with Crippen molar-refractivity contribution < 1.29 is 0 Å². The van der Waals surface area contributed by atoms with Crippen molar-refractivity contribution in [3.8, 4) is 0 Å². The van der Waals surface area contributed by atoms with Crippen LogP contribution in [0.3, 0.4) is 0 Å². The molecule has 0 heterocycles. The standard InChI is InChI=1S/C15H27N3S/c1-11-7-9-13(10-8-11)17-18-15(19)16-14-6-4-3-5-12(14)2/h11-12,14H,3-10H2,1-2H3,(H2,16,18,19)/t11?,12-,14-/m0/s1. The van der Waals surface area contributed by atoms with Crippen molar-refractivity contribution >= 4 is 23.0 Å². The molecule has 19 heavy (non-hydrogen) atoms. The average Bonchev–Trinajstić information content (AvgIpc) is 2.41. The second-order valence-electron chi connectivity index (χ2n) is 6.31. The van der Waals surface area contributed by atoms with E-state index in [1.54, 1.807) is 0 Å². The Morgan fingerprint density at radius 2 is 1.79 bits per heavy atom. The second-order valence-corrected chi connectivity index (χ2v) is 6.72. The van der Waals surface area contributed by atoms with Crippen LogP contribution < -0.4 is 10.7 Å². The van der Waals surface area contributed by atoms with Crippen LogP contribution in [0, 0.1) is 11.8 Å². The first-order valence-electron chi connectivity index (χ1n) is 7.77. The Kier molecular flexibility index (Phi) is 5.61. The van der Waals surface area contributed by atoms with E-state index in [2.05, 4.69) is 29.7 Å². The first-order valence-corrected chi connectivity index (χ1v) is 8.18. The lowest BCUT2D eigenvalue weighted by atomic mass is 9.86. The molecule has 0 aliphatic heterocycles. The van der Waals surface area contributed by atoms with Crippen LogP contribution in [0.15, 0.2) is 5.10 Å². The quantitative estimate of drug-likeness (QED) is 0.600. The zero-order valence-corrected chi connectivity index (χ0v) is 13.1. The number of thiocarbonyl (C=S) groups is 1. The summed E-state index contributed by atoms with van der Waals surface area (Å²) in [6.45, 7) is 4.63. The van der Waals surface area contributed by atoms with Crippen LogP contribution in [0.4, 0.5) is 0 Å². The van der Waals surface area contributed by atoms with Gasteiger partial charge in [0.25, 0.3) is 0 Å². The smallest absolute Gasteiger partial charge is 0.187 e. The minimum atomic E-state index is 0.528. The molecule has 3 nitrogen and oxygen atoms in total. The van der Waals surface area contributed by atoms with E-state index in [0.29, 0.717) is 11.2 Å². The summed E-state index contributed by atoms with van der Waals surface area (Å²) in [5, 5.41) is 8.60. The van der Waals surface area contributed by atoms with Gasteiger partial charge in [0.2, 0.25) is 0 Å². The fraction of sp³-hybridized carbons (Fsp3) is 0.867. The van der Waals surface area contributed by atoms with Gasteiger partial charge in [0.15, 0.2) is 5.11 Å². The molecule has 0 unspecified atom stereocenters. The van der Waals surface area contributed by atoms with Gasteiger partial charge in [0.1, 0.15) is 0 Å². The van der Waals surface area contributed by atoms with E-state index in [9.17, 15) is 0 Å². The van der Waals surface area contributed by atoms with Gasteiger partial charge in [-0.1, -0.05) is 26.7 Å². The molecule has 2 N–H and O–H groups in total. The van der Waals surface area contributed by atoms with E-state index >= 15 is 0 Å². The van der Waals surface area contributed by atoms with Crippen molar-refractivity contribution in [2.45, 2.75) is 71.3 Å². The van der Waals surface area contributed by atoms with Crippen molar-refractivity contribution in [2.24, 2.45) is 16.9 Å². The molecule has 2 aliphatic rings. The summed E-state index contributed by atoms with van der Waals surface area (Å²) in [6, 6.07) is 0.528. The monoisotopic (exact) mass is 281 g/mol. The average molecular weight is 281 g/mol. The van der Waals surface area contributed by atoms with Crippen molar-refractivity contribution in [1.82, 2.24) is 10.7 Å². The number of nitrogens with one attached hydrogen (secondary N) is 2. The molecule has 0 aromatic carbocycles. The third kappa shape index (κ3) is 4.75. The second kappa shape index (κ2) is 7.22. The Bertz CT molecular complexity index is 330. The van der Waals surface area contributed by atoms with Crippen LogP contribution in [0.1, 0.15) is 65.2 Å². The number of hydrogen-bond acceptors (Lipinski definition) is 2. The van der Waals surface area contributed by atoms with E-state index in [4.69, 9.17) is 12.2 Å². The molecule has 0 saturated heterocycles. The Morgan fingerprint density at radius 3 is 2.47 bits per heavy atom. The van der Waals surface area contributed by atoms with Gasteiger partial charge in [-0.05, 0) is 62.6 Å². The number of rotatable bonds is 2. The summed E-state index contributed by atoms with van der Waals surface area (Å²) in [7, 11) is 0. The molecule has 0 radical (unpaired) electrons. The minimum absolute atomic E-state index is 0.528. The molecular formula is C15H27N3S. The van der Waals surface area contributed by atoms with Gasteiger partial charge in [-0.15, -0.1) is 0 Å². The fourth-order valence-electron chi connectivity index (χ4n) is 3.07. The Balaban J connectivity index is 1.73. The third-order valence-electron chi connectivity index (χ3n) is 4.59. The van der Waals surface area contributed by atoms with E-state index in [0.717, 1.165) is 24.7 Å². The van der Waals surface area contributed by atoms with Crippen LogP contribution in [0.5, 0.6) is 0 Å². The molecule has 2 saturated carbocycles. The Hall–Kier alpha value is -0.640. The Morgan fingerprint density at radius 1 is 1.11 bits per heavy atom. The lowest BCUT2D eigenvalue weighted by Crippen LogP contribution is -2.44. The predicted octanol–water partition coefficient (Wildman–Crippen LogP) is 3.60. The molecule has 2 atom stereocenters. The van der Waals surface area contributed by atoms with E-state index in [1.165, 1.54) is 44.2 Å². The zero-order valence-electron chi connectivity index (χ0n) is 12.2. The maximum absolute atomic E-state index is 5.35. The predicted molar refractivity (Wildman–Crippen MR) is 85.4 cm³/mol. The lowest BCUT2D eigenvalue weighted by Gasteiger charge is -2.30. The van der Waals surface area contributed by atoms with E-state index in [1.807, 2.05) is 0 Å². The van der Waals surface area contributed by atoms with E-state index < -0.39 is 0 Å². The molecular weight excluding hydrogens is 254 g/mol. The maximum Gasteiger partial charge on any atom is 0.187 e. The summed E-state index contributed by atoms with van der Waals surface area (Å²) in [5.41, 5.74) is 4.32. The van der Waals surface area contributed by atoms with Crippen LogP contribution in [-0.2, 0) is 0 Å². The molecule has 4 heteroatoms. The van der Waals surface area contributed by atoms with Crippen molar-refractivity contribution in [3.05, 3.63) is 0 Å². The van der Waals surface area contributed by atoms with Gasteiger partial charge in [-0.2, -0.15) is 5.10 Å². The highest BCUT2D eigenvalue weighted by Gasteiger charge is 2.21. The highest BCUT2D eigenvalue weighted by atomic mass is 32.1. The topological polar surface area (TPSA) is 36.4 Å². The van der Waals surface area contributed by atoms with E-state index in [-0.39, 0.29) is 0 Å². The molecule has 0 amide bonds. The van der Waals surface area contributed by atoms with Gasteiger partial charge >= 0.3 is 0 Å². The summed E-state index contributed by atoms with van der Waals surface area (Å²) in [5.74, 6) is 1.57. The molecule has 2 fully saturated rings. The number of hydrogen-bond donors (Lipinski definition) is 2. The third-order valence-corrected chi connectivity index (χ3v) is 4.80. The van der Waals surface area contributed by atoms with Crippen molar-refractivity contribution in [2.75, 3.05) is 0 Å². The zero-order chi connectivity index (χ0) is 13.7. The summed E-state index contributed by atoms with van der Waals surface area (Å²) in [6.07, 6.45) is 9.99. The summed E-state index contributed by atoms with van der Waals surface area (Å²) in [4.78, 5) is 0. The van der Waals surface area contributed by atoms with Gasteiger partial charge in [0, 0.05) is 11.8 Å². The molecule has 0 spiro atoms. The van der Waals surface area contributed by atoms with Crippen molar-refractivity contribution in [1.29, 1.82) is 0 Å². The molecule has 2 aliphatic carbocycles. The normalized spacial score (nSPS) is 31.7. The SMILES string of the molecule is CC1CCC(=NNC(=S)N[C@H]2CCCC[C@@H]2C)CC1.